The Hall–Kier alpha value is -1.92. The summed E-state index contributed by atoms with van der Waals surface area (Å²) in [6.07, 6.45) is 4.26. The highest BCUT2D eigenvalue weighted by atomic mass is 32.2. The van der Waals surface area contributed by atoms with Crippen molar-refractivity contribution >= 4 is 29.1 Å². The highest BCUT2D eigenvalue weighted by Gasteiger charge is 2.23. The van der Waals surface area contributed by atoms with E-state index in [0.29, 0.717) is 12.8 Å². The van der Waals surface area contributed by atoms with Crippen molar-refractivity contribution in [2.75, 3.05) is 5.32 Å². The van der Waals surface area contributed by atoms with E-state index in [-0.39, 0.29) is 5.78 Å². The molecule has 5 nitrogen and oxygen atoms in total. The third kappa shape index (κ3) is 3.13. The van der Waals surface area contributed by atoms with Gasteiger partial charge in [-0.15, -0.1) is 0 Å². The van der Waals surface area contributed by atoms with Crippen LogP contribution >= 0.6 is 11.8 Å². The molecule has 22 heavy (non-hydrogen) atoms. The molecule has 1 aliphatic heterocycles. The molecule has 2 aromatic rings. The number of hydrogen-bond donors (Lipinski definition) is 2. The van der Waals surface area contributed by atoms with Crippen molar-refractivity contribution in [3.8, 4) is 0 Å². The molecule has 0 spiro atoms. The highest BCUT2D eigenvalue weighted by Crippen LogP contribution is 2.42. The monoisotopic (exact) mass is 315 g/mol. The fraction of sp³-hybridized carbons (Fsp3) is 0.312. The lowest BCUT2D eigenvalue weighted by Gasteiger charge is -2.19. The molecule has 0 bridgehead atoms. The number of aliphatic hydroxyl groups is 1. The fourth-order valence-corrected chi connectivity index (χ4v) is 3.08. The van der Waals surface area contributed by atoms with Gasteiger partial charge in [0.15, 0.2) is 11.6 Å². The summed E-state index contributed by atoms with van der Waals surface area (Å²) in [6, 6.07) is 6.05. The van der Waals surface area contributed by atoms with E-state index in [1.165, 1.54) is 13.8 Å². The Kier molecular flexibility index (Phi) is 3.88. The number of nitrogens with zero attached hydrogens (tertiary/aromatic N) is 2. The number of carbonyl (C=O) groups excluding carboxylic acids is 1. The lowest BCUT2D eigenvalue weighted by atomic mass is 9.97. The van der Waals surface area contributed by atoms with Crippen molar-refractivity contribution < 1.29 is 9.90 Å². The predicted molar refractivity (Wildman–Crippen MR) is 85.5 cm³/mol. The maximum absolute atomic E-state index is 11.8. The minimum absolute atomic E-state index is 0.149. The molecule has 114 valence electrons. The Bertz CT molecular complexity index is 726. The van der Waals surface area contributed by atoms with Gasteiger partial charge >= 0.3 is 0 Å². The molecule has 0 unspecified atom stereocenters. The van der Waals surface area contributed by atoms with Crippen LogP contribution in [-0.2, 0) is 11.2 Å². The maximum atomic E-state index is 11.8. The van der Waals surface area contributed by atoms with Crippen molar-refractivity contribution in [1.29, 1.82) is 0 Å². The van der Waals surface area contributed by atoms with Crippen LogP contribution in [0.5, 0.6) is 0 Å². The second-order valence-electron chi connectivity index (χ2n) is 5.75. The topological polar surface area (TPSA) is 75.1 Å². The Labute approximate surface area is 133 Å². The molecule has 0 aliphatic carbocycles. The van der Waals surface area contributed by atoms with Crippen LogP contribution in [-0.4, -0.2) is 26.5 Å². The first-order valence-corrected chi connectivity index (χ1v) is 7.89. The minimum atomic E-state index is -1.27. The molecule has 0 radical (unpaired) electrons. The van der Waals surface area contributed by atoms with Crippen LogP contribution in [0, 0.1) is 0 Å². The largest absolute Gasteiger partial charge is 0.383 e. The van der Waals surface area contributed by atoms with Crippen LogP contribution in [0.2, 0.25) is 0 Å². The Morgan fingerprint density at radius 3 is 2.86 bits per heavy atom. The molecule has 2 N–H and O–H groups in total. The van der Waals surface area contributed by atoms with Crippen LogP contribution in [0.15, 0.2) is 40.5 Å². The predicted octanol–water partition coefficient (Wildman–Crippen LogP) is 2.96. The Morgan fingerprint density at radius 2 is 2.09 bits per heavy atom. The fourth-order valence-electron chi connectivity index (χ4n) is 2.20. The number of carbonyl (C=O) groups is 1. The quantitative estimate of drug-likeness (QED) is 0.771. The van der Waals surface area contributed by atoms with Gasteiger partial charge in [0.05, 0.1) is 5.69 Å². The van der Waals surface area contributed by atoms with Crippen LogP contribution in [0.4, 0.5) is 11.5 Å². The van der Waals surface area contributed by atoms with E-state index in [2.05, 4.69) is 15.3 Å². The summed E-state index contributed by atoms with van der Waals surface area (Å²) in [6.45, 7) is 3.05. The van der Waals surface area contributed by atoms with E-state index in [9.17, 15) is 9.90 Å². The minimum Gasteiger partial charge on any atom is -0.383 e. The van der Waals surface area contributed by atoms with Gasteiger partial charge in [-0.3, -0.25) is 4.79 Å². The highest BCUT2D eigenvalue weighted by molar-refractivity contribution is 7.99. The molecule has 1 aromatic carbocycles. The van der Waals surface area contributed by atoms with Gasteiger partial charge in [0.25, 0.3) is 0 Å². The number of rotatable bonds is 4. The normalized spacial score (nSPS) is 13.0. The summed E-state index contributed by atoms with van der Waals surface area (Å²) in [5.74, 6) is 0.605. The molecule has 1 aromatic heterocycles. The third-order valence-electron chi connectivity index (χ3n) is 3.49. The van der Waals surface area contributed by atoms with Crippen LogP contribution in [0.25, 0.3) is 0 Å². The zero-order chi connectivity index (χ0) is 15.7. The smallest absolute Gasteiger partial charge is 0.164 e. The van der Waals surface area contributed by atoms with Crippen molar-refractivity contribution in [3.63, 3.8) is 0 Å². The van der Waals surface area contributed by atoms with Gasteiger partial charge < -0.3 is 10.4 Å². The van der Waals surface area contributed by atoms with E-state index in [1.54, 1.807) is 24.2 Å². The standard InChI is InChI=1S/C16H17N3O2S/c1-16(2,21)13(20)6-4-10-3-5-12-11(9-10)19-14-15(22-12)18-8-7-17-14/h3,5,7-9,21H,4,6H2,1-2H3,(H,17,19). The second-order valence-corrected chi connectivity index (χ2v) is 6.78. The molecule has 0 fully saturated rings. The lowest BCUT2D eigenvalue weighted by Crippen LogP contribution is -2.31. The van der Waals surface area contributed by atoms with Gasteiger partial charge in [-0.05, 0) is 38.0 Å². The van der Waals surface area contributed by atoms with Crippen LogP contribution < -0.4 is 5.32 Å². The number of anilines is 2. The van der Waals surface area contributed by atoms with Crippen molar-refractivity contribution in [2.24, 2.45) is 0 Å². The first-order valence-electron chi connectivity index (χ1n) is 7.08. The Balaban J connectivity index is 1.74. The summed E-state index contributed by atoms with van der Waals surface area (Å²) in [5.41, 5.74) is 0.764. The summed E-state index contributed by atoms with van der Waals surface area (Å²) in [5, 5.41) is 13.8. The van der Waals surface area contributed by atoms with Crippen molar-refractivity contribution in [2.45, 2.75) is 42.2 Å². The molecule has 0 amide bonds. The number of aryl methyl sites for hydroxylation is 1. The molecule has 0 atom stereocenters. The third-order valence-corrected chi connectivity index (χ3v) is 4.56. The number of ketones is 1. The number of hydrogen-bond acceptors (Lipinski definition) is 6. The number of Topliss-reactive ketones (excluding diaryl/α,β-unsaturated/α-hetero) is 1. The molecule has 0 saturated heterocycles. The average Bonchev–Trinajstić information content (AvgIpc) is 2.49. The lowest BCUT2D eigenvalue weighted by molar-refractivity contribution is -0.134. The molecular formula is C16H17N3O2S. The van der Waals surface area contributed by atoms with E-state index >= 15 is 0 Å². The van der Waals surface area contributed by atoms with Gasteiger partial charge in [0.2, 0.25) is 0 Å². The van der Waals surface area contributed by atoms with Crippen molar-refractivity contribution in [3.05, 3.63) is 36.2 Å². The number of aromatic nitrogens is 2. The second kappa shape index (κ2) is 5.70. The molecular weight excluding hydrogens is 298 g/mol. The number of nitrogens with one attached hydrogen (secondary N) is 1. The SMILES string of the molecule is CC(C)(O)C(=O)CCc1ccc2c(c1)Nc1nccnc1S2. The zero-order valence-corrected chi connectivity index (χ0v) is 13.3. The van der Waals surface area contributed by atoms with Gasteiger partial charge in [0.1, 0.15) is 10.6 Å². The molecule has 1 aliphatic rings. The first kappa shape index (κ1) is 15.0. The van der Waals surface area contributed by atoms with Gasteiger partial charge in [-0.25, -0.2) is 9.97 Å². The van der Waals surface area contributed by atoms with Gasteiger partial charge in [-0.2, -0.15) is 0 Å². The molecule has 2 heterocycles. The first-order chi connectivity index (χ1) is 10.4. The number of benzene rings is 1. The molecule has 0 saturated carbocycles. The van der Waals surface area contributed by atoms with Gasteiger partial charge in [0, 0.05) is 23.7 Å². The Morgan fingerprint density at radius 1 is 1.32 bits per heavy atom. The zero-order valence-electron chi connectivity index (χ0n) is 12.5. The van der Waals surface area contributed by atoms with E-state index < -0.39 is 5.60 Å². The maximum Gasteiger partial charge on any atom is 0.164 e. The average molecular weight is 315 g/mol. The van der Waals surface area contributed by atoms with E-state index in [0.717, 1.165) is 27.0 Å². The molecule has 3 rings (SSSR count). The van der Waals surface area contributed by atoms with Crippen LogP contribution in [0.3, 0.4) is 0 Å². The van der Waals surface area contributed by atoms with E-state index in [1.807, 2.05) is 18.2 Å². The summed E-state index contributed by atoms with van der Waals surface area (Å²) >= 11 is 1.58. The molecule has 6 heteroatoms. The summed E-state index contributed by atoms with van der Waals surface area (Å²) in [7, 11) is 0. The summed E-state index contributed by atoms with van der Waals surface area (Å²) < 4.78 is 0. The summed E-state index contributed by atoms with van der Waals surface area (Å²) in [4.78, 5) is 21.5. The van der Waals surface area contributed by atoms with Crippen molar-refractivity contribution in [1.82, 2.24) is 9.97 Å². The van der Waals surface area contributed by atoms with E-state index in [4.69, 9.17) is 0 Å². The number of fused-ring (bicyclic) bond motifs is 2. The van der Waals surface area contributed by atoms with Crippen LogP contribution in [0.1, 0.15) is 25.8 Å². The van der Waals surface area contributed by atoms with Gasteiger partial charge in [-0.1, -0.05) is 17.8 Å².